The van der Waals surface area contributed by atoms with Gasteiger partial charge in [0.15, 0.2) is 0 Å². The zero-order valence-electron chi connectivity index (χ0n) is 24.6. The standard InChI is InChI=1S/C32H41N3O5S/c1-6-8-21-33-32(37)29(7-2)34(22-26-15-17-27(40-5)18-16-26)31(36)23-35(30-12-10-9-11-25(30)4)41(38,39)28-19-13-24(3)14-20-28/h9-20,29H,6-8,21-23H2,1-5H3,(H,33,37)/t29-/m1/s1. The topological polar surface area (TPSA) is 96.0 Å². The molecule has 0 heterocycles. The molecule has 0 fully saturated rings. The lowest BCUT2D eigenvalue weighted by Gasteiger charge is -2.33. The number of methoxy groups -OCH3 is 1. The Balaban J connectivity index is 2.04. The van der Waals surface area contributed by atoms with Crippen molar-refractivity contribution in [1.82, 2.24) is 10.2 Å². The second kappa shape index (κ2) is 14.7. The van der Waals surface area contributed by atoms with Gasteiger partial charge < -0.3 is 15.0 Å². The third-order valence-electron chi connectivity index (χ3n) is 7.00. The van der Waals surface area contributed by atoms with Gasteiger partial charge in [-0.15, -0.1) is 0 Å². The molecule has 1 atom stereocenters. The van der Waals surface area contributed by atoms with Gasteiger partial charge >= 0.3 is 0 Å². The zero-order valence-corrected chi connectivity index (χ0v) is 25.4. The number of amides is 2. The Labute approximate surface area is 244 Å². The SMILES string of the molecule is CCCCNC(=O)[C@@H](CC)N(Cc1ccc(OC)cc1)C(=O)CN(c1ccccc1C)S(=O)(=O)c1ccc(C)cc1. The lowest BCUT2D eigenvalue weighted by Crippen LogP contribution is -2.52. The fourth-order valence-electron chi connectivity index (χ4n) is 4.55. The average molecular weight is 580 g/mol. The van der Waals surface area contributed by atoms with Crippen LogP contribution in [-0.4, -0.2) is 51.4 Å². The normalized spacial score (nSPS) is 11.9. The minimum Gasteiger partial charge on any atom is -0.497 e. The summed E-state index contributed by atoms with van der Waals surface area (Å²) in [5, 5.41) is 2.94. The summed E-state index contributed by atoms with van der Waals surface area (Å²) < 4.78 is 34.4. The maximum absolute atomic E-state index is 14.1. The van der Waals surface area contributed by atoms with Crippen LogP contribution in [0.2, 0.25) is 0 Å². The fourth-order valence-corrected chi connectivity index (χ4v) is 6.03. The van der Waals surface area contributed by atoms with Crippen molar-refractivity contribution in [3.05, 3.63) is 89.5 Å². The first-order valence-electron chi connectivity index (χ1n) is 14.0. The highest BCUT2D eigenvalue weighted by molar-refractivity contribution is 7.92. The van der Waals surface area contributed by atoms with Gasteiger partial charge in [-0.05, 0) is 68.1 Å². The second-order valence-corrected chi connectivity index (χ2v) is 11.9. The maximum atomic E-state index is 14.1. The zero-order chi connectivity index (χ0) is 30.0. The van der Waals surface area contributed by atoms with Crippen LogP contribution in [-0.2, 0) is 26.2 Å². The molecular weight excluding hydrogens is 538 g/mol. The van der Waals surface area contributed by atoms with Crippen LogP contribution < -0.4 is 14.4 Å². The lowest BCUT2D eigenvalue weighted by atomic mass is 10.1. The van der Waals surface area contributed by atoms with Crippen LogP contribution in [0.25, 0.3) is 0 Å². The molecular formula is C32H41N3O5S. The molecule has 0 bridgehead atoms. The number of hydrogen-bond acceptors (Lipinski definition) is 5. The molecule has 1 N–H and O–H groups in total. The van der Waals surface area contributed by atoms with Gasteiger partial charge in [0.25, 0.3) is 10.0 Å². The number of hydrogen-bond donors (Lipinski definition) is 1. The molecule has 0 unspecified atom stereocenters. The van der Waals surface area contributed by atoms with E-state index in [2.05, 4.69) is 5.32 Å². The number of unbranched alkanes of at least 4 members (excludes halogenated alkanes) is 1. The van der Waals surface area contributed by atoms with Crippen LogP contribution in [0.1, 0.15) is 49.8 Å². The number of para-hydroxylation sites is 1. The Bertz CT molecular complexity index is 1410. The molecule has 220 valence electrons. The molecule has 9 heteroatoms. The number of aryl methyl sites for hydroxylation is 2. The van der Waals surface area contributed by atoms with Crippen molar-refractivity contribution in [2.45, 2.75) is 64.4 Å². The van der Waals surface area contributed by atoms with E-state index in [1.807, 2.05) is 52.0 Å². The van der Waals surface area contributed by atoms with E-state index < -0.39 is 28.5 Å². The summed E-state index contributed by atoms with van der Waals surface area (Å²) in [6.45, 7) is 7.76. The van der Waals surface area contributed by atoms with E-state index >= 15 is 0 Å². The number of carbonyl (C=O) groups excluding carboxylic acids is 2. The van der Waals surface area contributed by atoms with E-state index in [9.17, 15) is 18.0 Å². The number of carbonyl (C=O) groups is 2. The molecule has 41 heavy (non-hydrogen) atoms. The van der Waals surface area contributed by atoms with Gasteiger partial charge in [-0.25, -0.2) is 8.42 Å². The Morgan fingerprint density at radius 2 is 1.59 bits per heavy atom. The smallest absolute Gasteiger partial charge is 0.264 e. The van der Waals surface area contributed by atoms with Gasteiger partial charge in [-0.1, -0.05) is 68.3 Å². The second-order valence-electron chi connectivity index (χ2n) is 10.0. The monoisotopic (exact) mass is 579 g/mol. The molecule has 0 aliphatic carbocycles. The van der Waals surface area contributed by atoms with E-state index in [4.69, 9.17) is 4.74 Å². The molecule has 3 rings (SSSR count). The highest BCUT2D eigenvalue weighted by Crippen LogP contribution is 2.28. The molecule has 3 aromatic carbocycles. The number of benzene rings is 3. The number of nitrogens with zero attached hydrogens (tertiary/aromatic N) is 2. The minimum atomic E-state index is -4.11. The summed E-state index contributed by atoms with van der Waals surface area (Å²) in [5.74, 6) is -0.0604. The molecule has 0 saturated carbocycles. The molecule has 2 amide bonds. The number of anilines is 1. The molecule has 0 aromatic heterocycles. The van der Waals surface area contributed by atoms with E-state index in [1.165, 1.54) is 4.90 Å². The van der Waals surface area contributed by atoms with Crippen molar-refractivity contribution in [3.63, 3.8) is 0 Å². The van der Waals surface area contributed by atoms with Crippen LogP contribution in [0.3, 0.4) is 0 Å². The molecule has 0 saturated heterocycles. The largest absolute Gasteiger partial charge is 0.497 e. The van der Waals surface area contributed by atoms with Crippen molar-refractivity contribution < 1.29 is 22.7 Å². The van der Waals surface area contributed by atoms with Crippen molar-refractivity contribution >= 4 is 27.5 Å². The van der Waals surface area contributed by atoms with Crippen molar-refractivity contribution in [3.8, 4) is 5.75 Å². The number of ether oxygens (including phenoxy) is 1. The first-order valence-corrected chi connectivity index (χ1v) is 15.4. The minimum absolute atomic E-state index is 0.0882. The van der Waals surface area contributed by atoms with Crippen LogP contribution in [0, 0.1) is 13.8 Å². The highest BCUT2D eigenvalue weighted by atomic mass is 32.2. The number of nitrogens with one attached hydrogen (secondary N) is 1. The van der Waals surface area contributed by atoms with E-state index in [-0.39, 0.29) is 17.3 Å². The van der Waals surface area contributed by atoms with Gasteiger partial charge in [-0.2, -0.15) is 0 Å². The van der Waals surface area contributed by atoms with Gasteiger partial charge in [0.2, 0.25) is 11.8 Å². The van der Waals surface area contributed by atoms with Crippen molar-refractivity contribution in [2.75, 3.05) is 24.5 Å². The predicted molar refractivity (Wildman–Crippen MR) is 162 cm³/mol. The quantitative estimate of drug-likeness (QED) is 0.264. The average Bonchev–Trinajstić information content (AvgIpc) is 2.96. The van der Waals surface area contributed by atoms with Crippen LogP contribution >= 0.6 is 0 Å². The summed E-state index contributed by atoms with van der Waals surface area (Å²) >= 11 is 0. The molecule has 3 aromatic rings. The fraction of sp³-hybridized carbons (Fsp3) is 0.375. The molecule has 0 radical (unpaired) electrons. The van der Waals surface area contributed by atoms with Gasteiger partial charge in [0.05, 0.1) is 17.7 Å². The Kier molecular flexibility index (Phi) is 11.3. The Hall–Kier alpha value is -3.85. The third-order valence-corrected chi connectivity index (χ3v) is 8.77. The summed E-state index contributed by atoms with van der Waals surface area (Å²) in [6, 6.07) is 20.1. The van der Waals surface area contributed by atoms with Crippen LogP contribution in [0.4, 0.5) is 5.69 Å². The van der Waals surface area contributed by atoms with E-state index in [1.54, 1.807) is 55.6 Å². The van der Waals surface area contributed by atoms with Crippen LogP contribution in [0.5, 0.6) is 5.75 Å². The van der Waals surface area contributed by atoms with Gasteiger partial charge in [0, 0.05) is 13.1 Å². The summed E-state index contributed by atoms with van der Waals surface area (Å²) in [7, 11) is -2.53. The Morgan fingerprint density at radius 1 is 0.927 bits per heavy atom. The van der Waals surface area contributed by atoms with E-state index in [0.717, 1.165) is 28.3 Å². The molecule has 0 spiro atoms. The van der Waals surface area contributed by atoms with Gasteiger partial charge in [0.1, 0.15) is 18.3 Å². The number of sulfonamides is 1. The molecule has 0 aliphatic heterocycles. The third kappa shape index (κ3) is 8.10. The summed E-state index contributed by atoms with van der Waals surface area (Å²) in [5.41, 5.74) is 2.84. The number of rotatable bonds is 14. The first kappa shape index (κ1) is 31.7. The first-order chi connectivity index (χ1) is 19.6. The molecule has 8 nitrogen and oxygen atoms in total. The Morgan fingerprint density at radius 3 is 2.17 bits per heavy atom. The highest BCUT2D eigenvalue weighted by Gasteiger charge is 2.34. The lowest BCUT2D eigenvalue weighted by molar-refractivity contribution is -0.140. The predicted octanol–water partition coefficient (Wildman–Crippen LogP) is 5.23. The van der Waals surface area contributed by atoms with Crippen molar-refractivity contribution in [2.24, 2.45) is 0 Å². The maximum Gasteiger partial charge on any atom is 0.264 e. The van der Waals surface area contributed by atoms with Crippen LogP contribution in [0.15, 0.2) is 77.7 Å². The van der Waals surface area contributed by atoms with Gasteiger partial charge in [-0.3, -0.25) is 13.9 Å². The summed E-state index contributed by atoms with van der Waals surface area (Å²) in [6.07, 6.45) is 2.12. The van der Waals surface area contributed by atoms with Crippen molar-refractivity contribution in [1.29, 1.82) is 0 Å². The molecule has 0 aliphatic rings. The van der Waals surface area contributed by atoms with E-state index in [0.29, 0.717) is 30.0 Å². The summed E-state index contributed by atoms with van der Waals surface area (Å²) in [4.78, 5) is 29.0.